The van der Waals surface area contributed by atoms with Crippen LogP contribution in [0.4, 0.5) is 17.6 Å². The molecule has 5 nitrogen and oxygen atoms in total. The normalized spacial score (nSPS) is 17.0. The Bertz CT molecular complexity index is 1080. The van der Waals surface area contributed by atoms with Crippen molar-refractivity contribution < 1.29 is 31.5 Å². The molecule has 1 fully saturated rings. The lowest BCUT2D eigenvalue weighted by molar-refractivity contribution is -0.137. The molecule has 0 bridgehead atoms. The third-order valence-corrected chi connectivity index (χ3v) is 5.67. The van der Waals surface area contributed by atoms with Gasteiger partial charge in [0.1, 0.15) is 11.6 Å². The molecule has 1 saturated heterocycles. The summed E-state index contributed by atoms with van der Waals surface area (Å²) < 4.78 is 64.0. The van der Waals surface area contributed by atoms with E-state index in [0.29, 0.717) is 37.6 Å². The van der Waals surface area contributed by atoms with Gasteiger partial charge in [0.25, 0.3) is 5.91 Å². The Hall–Kier alpha value is -3.17. The van der Waals surface area contributed by atoms with Gasteiger partial charge in [-0.1, -0.05) is 18.2 Å². The third-order valence-electron chi connectivity index (χ3n) is 5.67. The number of nitrogens with zero attached hydrogens (tertiary/aromatic N) is 2. The third kappa shape index (κ3) is 6.03. The second-order valence-corrected chi connectivity index (χ2v) is 8.16. The Morgan fingerprint density at radius 1 is 1.06 bits per heavy atom. The van der Waals surface area contributed by atoms with E-state index in [1.807, 2.05) is 0 Å². The van der Waals surface area contributed by atoms with Gasteiger partial charge in [-0.3, -0.25) is 9.69 Å². The van der Waals surface area contributed by atoms with E-state index in [4.69, 9.17) is 9.15 Å². The molecule has 34 heavy (non-hydrogen) atoms. The fraction of sp³-hybridized carbons (Fsp3) is 0.320. The molecule has 0 unspecified atom stereocenters. The van der Waals surface area contributed by atoms with Crippen LogP contribution in [0.2, 0.25) is 0 Å². The minimum absolute atomic E-state index is 0.138. The number of furan rings is 1. The minimum Gasteiger partial charge on any atom is -0.467 e. The van der Waals surface area contributed by atoms with Gasteiger partial charge >= 0.3 is 6.18 Å². The van der Waals surface area contributed by atoms with Crippen molar-refractivity contribution in [1.82, 2.24) is 9.80 Å². The largest absolute Gasteiger partial charge is 0.467 e. The van der Waals surface area contributed by atoms with E-state index in [1.54, 1.807) is 30.3 Å². The quantitative estimate of drug-likeness (QED) is 0.452. The van der Waals surface area contributed by atoms with Crippen molar-refractivity contribution in [3.8, 4) is 0 Å². The second-order valence-electron chi connectivity index (χ2n) is 8.16. The zero-order valence-corrected chi connectivity index (χ0v) is 18.3. The molecule has 1 atom stereocenters. The molecule has 0 aliphatic carbocycles. The van der Waals surface area contributed by atoms with E-state index < -0.39 is 17.6 Å². The maximum atomic E-state index is 14.1. The number of hydrogen-bond donors (Lipinski definition) is 0. The van der Waals surface area contributed by atoms with Crippen LogP contribution in [0.3, 0.4) is 0 Å². The zero-order valence-electron chi connectivity index (χ0n) is 18.3. The van der Waals surface area contributed by atoms with Gasteiger partial charge < -0.3 is 14.1 Å². The van der Waals surface area contributed by atoms with Crippen LogP contribution in [-0.2, 0) is 24.0 Å². The standard InChI is InChI=1S/C25H24F4N2O3/c26-23-6-2-1-4-19(23)14-30-11-13-34-22(15-30)17-31(16-21-5-3-12-33-21)24(32)18-7-9-20(10-8-18)25(27,28)29/h1-10,12,22H,11,13-17H2/t22-/m1/s1. The summed E-state index contributed by atoms with van der Waals surface area (Å²) in [5.41, 5.74) is -0.101. The Morgan fingerprint density at radius 2 is 1.82 bits per heavy atom. The van der Waals surface area contributed by atoms with Crippen molar-refractivity contribution in [3.05, 3.63) is 95.2 Å². The van der Waals surface area contributed by atoms with Crippen LogP contribution in [0.15, 0.2) is 71.3 Å². The Kier molecular flexibility index (Phi) is 7.33. The highest BCUT2D eigenvalue weighted by molar-refractivity contribution is 5.94. The van der Waals surface area contributed by atoms with Gasteiger partial charge in [0.05, 0.1) is 31.1 Å². The molecule has 0 radical (unpaired) electrons. The van der Waals surface area contributed by atoms with Crippen LogP contribution >= 0.6 is 0 Å². The van der Waals surface area contributed by atoms with Crippen molar-refractivity contribution in [2.24, 2.45) is 0 Å². The lowest BCUT2D eigenvalue weighted by Gasteiger charge is -2.35. The fourth-order valence-electron chi connectivity index (χ4n) is 3.94. The van der Waals surface area contributed by atoms with Crippen molar-refractivity contribution in [3.63, 3.8) is 0 Å². The van der Waals surface area contributed by atoms with Crippen molar-refractivity contribution in [2.45, 2.75) is 25.4 Å². The lowest BCUT2D eigenvalue weighted by atomic mass is 10.1. The van der Waals surface area contributed by atoms with E-state index in [2.05, 4.69) is 4.90 Å². The molecular weight excluding hydrogens is 452 g/mol. The summed E-state index contributed by atoms with van der Waals surface area (Å²) in [6.07, 6.45) is -3.34. The number of rotatable bonds is 7. The van der Waals surface area contributed by atoms with E-state index >= 15 is 0 Å². The van der Waals surface area contributed by atoms with Crippen LogP contribution in [-0.4, -0.2) is 48.1 Å². The molecule has 2 heterocycles. The predicted octanol–water partition coefficient (Wildman–Crippen LogP) is 4.98. The number of ether oxygens (including phenoxy) is 1. The highest BCUT2D eigenvalue weighted by Crippen LogP contribution is 2.29. The van der Waals surface area contributed by atoms with Gasteiger partial charge in [0.2, 0.25) is 0 Å². The highest BCUT2D eigenvalue weighted by Gasteiger charge is 2.31. The number of carbonyl (C=O) groups is 1. The van der Waals surface area contributed by atoms with Gasteiger partial charge in [-0.15, -0.1) is 0 Å². The second kappa shape index (κ2) is 10.4. The molecule has 4 rings (SSSR count). The van der Waals surface area contributed by atoms with Crippen LogP contribution in [0.25, 0.3) is 0 Å². The molecule has 1 amide bonds. The summed E-state index contributed by atoms with van der Waals surface area (Å²) in [5.74, 6) is -0.165. The van der Waals surface area contributed by atoms with Crippen LogP contribution in [0.1, 0.15) is 27.2 Å². The van der Waals surface area contributed by atoms with Gasteiger partial charge in [-0.05, 0) is 42.5 Å². The fourth-order valence-corrected chi connectivity index (χ4v) is 3.94. The van der Waals surface area contributed by atoms with Crippen molar-refractivity contribution in [1.29, 1.82) is 0 Å². The molecule has 3 aromatic rings. The maximum absolute atomic E-state index is 14.1. The summed E-state index contributed by atoms with van der Waals surface area (Å²) in [6, 6.07) is 14.1. The molecule has 0 spiro atoms. The van der Waals surface area contributed by atoms with Crippen LogP contribution in [0.5, 0.6) is 0 Å². The average molecular weight is 476 g/mol. The molecule has 0 saturated carbocycles. The van der Waals surface area contributed by atoms with Crippen LogP contribution in [0, 0.1) is 5.82 Å². The first kappa shape index (κ1) is 24.0. The van der Waals surface area contributed by atoms with E-state index in [0.717, 1.165) is 12.1 Å². The summed E-state index contributed by atoms with van der Waals surface area (Å²) >= 11 is 0. The molecule has 2 aromatic carbocycles. The average Bonchev–Trinajstić information content (AvgIpc) is 3.33. The Morgan fingerprint density at radius 3 is 2.50 bits per heavy atom. The number of hydrogen-bond acceptors (Lipinski definition) is 4. The van der Waals surface area contributed by atoms with E-state index in [-0.39, 0.29) is 30.6 Å². The number of halogens is 4. The SMILES string of the molecule is O=C(c1ccc(C(F)(F)F)cc1)N(Cc1ccco1)C[C@H]1CN(Cc2ccccc2F)CCO1. The van der Waals surface area contributed by atoms with Gasteiger partial charge in [0.15, 0.2) is 0 Å². The molecule has 1 aromatic heterocycles. The van der Waals surface area contributed by atoms with Crippen LogP contribution < -0.4 is 0 Å². The first-order valence-corrected chi connectivity index (χ1v) is 10.9. The Labute approximate surface area is 194 Å². The van der Waals surface area contributed by atoms with E-state index in [1.165, 1.54) is 29.4 Å². The first-order valence-electron chi connectivity index (χ1n) is 10.9. The molecule has 9 heteroatoms. The first-order chi connectivity index (χ1) is 16.3. The van der Waals surface area contributed by atoms with Gasteiger partial charge in [-0.25, -0.2) is 4.39 Å². The lowest BCUT2D eigenvalue weighted by Crippen LogP contribution is -2.48. The predicted molar refractivity (Wildman–Crippen MR) is 116 cm³/mol. The molecule has 0 N–H and O–H groups in total. The number of morpholine rings is 1. The summed E-state index contributed by atoms with van der Waals surface area (Å²) in [4.78, 5) is 16.8. The topological polar surface area (TPSA) is 45.9 Å². The molecule has 1 aliphatic rings. The zero-order chi connectivity index (χ0) is 24.1. The van der Waals surface area contributed by atoms with Gasteiger partial charge in [-0.2, -0.15) is 13.2 Å². The molecule has 180 valence electrons. The Balaban J connectivity index is 1.47. The van der Waals surface area contributed by atoms with Gasteiger partial charge in [0, 0.05) is 37.3 Å². The monoisotopic (exact) mass is 476 g/mol. The molecular formula is C25H24F4N2O3. The number of amides is 1. The minimum atomic E-state index is -4.48. The number of alkyl halides is 3. The van der Waals surface area contributed by atoms with Crippen molar-refractivity contribution >= 4 is 5.91 Å². The maximum Gasteiger partial charge on any atom is 0.416 e. The van der Waals surface area contributed by atoms with Crippen molar-refractivity contribution in [2.75, 3.05) is 26.2 Å². The number of benzene rings is 2. The van der Waals surface area contributed by atoms with E-state index in [9.17, 15) is 22.4 Å². The summed E-state index contributed by atoms with van der Waals surface area (Å²) in [5, 5.41) is 0. The number of carbonyl (C=O) groups excluding carboxylic acids is 1. The summed E-state index contributed by atoms with van der Waals surface area (Å²) in [7, 11) is 0. The molecule has 1 aliphatic heterocycles. The highest BCUT2D eigenvalue weighted by atomic mass is 19.4. The smallest absolute Gasteiger partial charge is 0.416 e. The summed E-state index contributed by atoms with van der Waals surface area (Å²) in [6.45, 7) is 2.27.